The van der Waals surface area contributed by atoms with Gasteiger partial charge in [0.25, 0.3) is 5.91 Å². The van der Waals surface area contributed by atoms with E-state index in [1.807, 2.05) is 4.90 Å². The summed E-state index contributed by atoms with van der Waals surface area (Å²) < 4.78 is 46.8. The molecule has 2 saturated heterocycles. The molecule has 1 aromatic heterocycles. The van der Waals surface area contributed by atoms with E-state index in [1.54, 1.807) is 30.0 Å². The van der Waals surface area contributed by atoms with Gasteiger partial charge in [-0.25, -0.2) is 0 Å². The Morgan fingerprint density at radius 1 is 1.10 bits per heavy atom. The first-order chi connectivity index (χ1) is 14.7. The van der Waals surface area contributed by atoms with Crippen molar-refractivity contribution >= 4 is 17.5 Å². The van der Waals surface area contributed by atoms with Crippen molar-refractivity contribution in [3.63, 3.8) is 0 Å². The predicted octanol–water partition coefficient (Wildman–Crippen LogP) is 3.05. The molecule has 0 radical (unpaired) electrons. The van der Waals surface area contributed by atoms with E-state index in [-0.39, 0.29) is 23.6 Å². The first-order valence-electron chi connectivity index (χ1n) is 9.98. The molecule has 4 rings (SSSR count). The monoisotopic (exact) mass is 437 g/mol. The standard InChI is InChI=1S/C21H22F3N3O4/c1-14-5-6-18(30-14)20(29)26-11-9-25(10-12-26)17-7-8-27(19(17)28)15-3-2-4-16(13-15)31-21(22,23)24/h2-6,13,17H,7-12H2,1H3. The van der Waals surface area contributed by atoms with Crippen LogP contribution in [-0.4, -0.2) is 66.7 Å². The number of rotatable bonds is 4. The maximum absolute atomic E-state index is 13.0. The molecule has 3 heterocycles. The van der Waals surface area contributed by atoms with Crippen LogP contribution in [0.1, 0.15) is 22.7 Å². The molecule has 7 nitrogen and oxygen atoms in total. The average molecular weight is 437 g/mol. The van der Waals surface area contributed by atoms with Crippen LogP contribution in [0, 0.1) is 6.92 Å². The second-order valence-electron chi connectivity index (χ2n) is 7.58. The lowest BCUT2D eigenvalue weighted by Crippen LogP contribution is -2.53. The molecule has 10 heteroatoms. The summed E-state index contributed by atoms with van der Waals surface area (Å²) in [6, 6.07) is 8.46. The molecule has 2 amide bonds. The Labute approximate surface area is 176 Å². The van der Waals surface area contributed by atoms with Crippen molar-refractivity contribution in [2.24, 2.45) is 0 Å². The van der Waals surface area contributed by atoms with E-state index in [4.69, 9.17) is 4.42 Å². The smallest absolute Gasteiger partial charge is 0.456 e. The number of piperazine rings is 1. The minimum absolute atomic E-state index is 0.161. The maximum atomic E-state index is 13.0. The second-order valence-corrected chi connectivity index (χ2v) is 7.58. The molecule has 2 fully saturated rings. The largest absolute Gasteiger partial charge is 0.573 e. The van der Waals surface area contributed by atoms with Crippen molar-refractivity contribution in [1.82, 2.24) is 9.80 Å². The molecule has 166 valence electrons. The lowest BCUT2D eigenvalue weighted by atomic mass is 10.1. The van der Waals surface area contributed by atoms with Crippen molar-refractivity contribution in [3.05, 3.63) is 47.9 Å². The number of ether oxygens (including phenoxy) is 1. The van der Waals surface area contributed by atoms with E-state index in [9.17, 15) is 22.8 Å². The zero-order valence-electron chi connectivity index (χ0n) is 16.9. The van der Waals surface area contributed by atoms with Crippen molar-refractivity contribution in [2.75, 3.05) is 37.6 Å². The first-order valence-corrected chi connectivity index (χ1v) is 9.98. The molecular weight excluding hydrogens is 415 g/mol. The summed E-state index contributed by atoms with van der Waals surface area (Å²) in [6.45, 7) is 4.19. The Morgan fingerprint density at radius 2 is 1.84 bits per heavy atom. The minimum Gasteiger partial charge on any atom is -0.456 e. The van der Waals surface area contributed by atoms with Crippen molar-refractivity contribution < 1.29 is 31.9 Å². The third-order valence-electron chi connectivity index (χ3n) is 5.53. The van der Waals surface area contributed by atoms with Crippen LogP contribution in [0.4, 0.5) is 18.9 Å². The number of benzene rings is 1. The predicted molar refractivity (Wildman–Crippen MR) is 105 cm³/mol. The number of furan rings is 1. The van der Waals surface area contributed by atoms with Gasteiger partial charge >= 0.3 is 6.36 Å². The SMILES string of the molecule is Cc1ccc(C(=O)N2CCN(C3CCN(c4cccc(OC(F)(F)F)c4)C3=O)CC2)o1. The van der Waals surface area contributed by atoms with Crippen LogP contribution >= 0.6 is 0 Å². The van der Waals surface area contributed by atoms with Gasteiger partial charge in [-0.05, 0) is 37.6 Å². The van der Waals surface area contributed by atoms with Crippen LogP contribution in [-0.2, 0) is 4.79 Å². The van der Waals surface area contributed by atoms with Gasteiger partial charge in [-0.2, -0.15) is 0 Å². The van der Waals surface area contributed by atoms with E-state index in [1.165, 1.54) is 23.1 Å². The molecule has 2 aliphatic rings. The summed E-state index contributed by atoms with van der Waals surface area (Å²) in [5.74, 6) is 0.277. The molecule has 0 bridgehead atoms. The van der Waals surface area contributed by atoms with Gasteiger partial charge in [-0.1, -0.05) is 6.07 Å². The average Bonchev–Trinajstić information content (AvgIpc) is 3.32. The highest BCUT2D eigenvalue weighted by Crippen LogP contribution is 2.30. The van der Waals surface area contributed by atoms with Crippen LogP contribution in [0.2, 0.25) is 0 Å². The van der Waals surface area contributed by atoms with Crippen molar-refractivity contribution in [3.8, 4) is 5.75 Å². The fourth-order valence-corrected chi connectivity index (χ4v) is 4.05. The third-order valence-corrected chi connectivity index (χ3v) is 5.53. The second kappa shape index (κ2) is 8.26. The van der Waals surface area contributed by atoms with E-state index >= 15 is 0 Å². The summed E-state index contributed by atoms with van der Waals surface area (Å²) >= 11 is 0. The maximum Gasteiger partial charge on any atom is 0.573 e. The number of amides is 2. The van der Waals surface area contributed by atoms with Crippen LogP contribution in [0.15, 0.2) is 40.8 Å². The summed E-state index contributed by atoms with van der Waals surface area (Å²) in [7, 11) is 0. The highest BCUT2D eigenvalue weighted by Gasteiger charge is 2.39. The van der Waals surface area contributed by atoms with Gasteiger partial charge in [-0.3, -0.25) is 14.5 Å². The molecule has 1 atom stereocenters. The highest BCUT2D eigenvalue weighted by atomic mass is 19.4. The summed E-state index contributed by atoms with van der Waals surface area (Å²) in [5.41, 5.74) is 0.372. The topological polar surface area (TPSA) is 66.2 Å². The van der Waals surface area contributed by atoms with E-state index in [0.29, 0.717) is 56.4 Å². The number of alkyl halides is 3. The Kier molecular flexibility index (Phi) is 5.65. The molecule has 2 aliphatic heterocycles. The van der Waals surface area contributed by atoms with Crippen LogP contribution in [0.5, 0.6) is 5.75 Å². The number of halogens is 3. The molecule has 0 N–H and O–H groups in total. The lowest BCUT2D eigenvalue weighted by molar-refractivity contribution is -0.274. The van der Waals surface area contributed by atoms with Crippen molar-refractivity contribution in [1.29, 1.82) is 0 Å². The van der Waals surface area contributed by atoms with Gasteiger partial charge in [-0.15, -0.1) is 13.2 Å². The highest BCUT2D eigenvalue weighted by molar-refractivity contribution is 5.99. The quantitative estimate of drug-likeness (QED) is 0.736. The number of carbonyl (C=O) groups excluding carboxylic acids is 2. The Morgan fingerprint density at radius 3 is 2.48 bits per heavy atom. The van der Waals surface area contributed by atoms with Crippen molar-refractivity contribution in [2.45, 2.75) is 25.7 Å². The number of carbonyl (C=O) groups is 2. The minimum atomic E-state index is -4.79. The van der Waals surface area contributed by atoms with E-state index < -0.39 is 6.36 Å². The zero-order chi connectivity index (χ0) is 22.2. The summed E-state index contributed by atoms with van der Waals surface area (Å²) in [4.78, 5) is 30.7. The summed E-state index contributed by atoms with van der Waals surface area (Å²) in [6.07, 6.45) is -4.23. The van der Waals surface area contributed by atoms with Crippen LogP contribution in [0.25, 0.3) is 0 Å². The number of aryl methyl sites for hydroxylation is 1. The fraction of sp³-hybridized carbons (Fsp3) is 0.429. The molecule has 0 spiro atoms. The number of nitrogens with zero attached hydrogens (tertiary/aromatic N) is 3. The molecule has 31 heavy (non-hydrogen) atoms. The molecule has 1 unspecified atom stereocenters. The Hall–Kier alpha value is -3.01. The Balaban J connectivity index is 1.37. The van der Waals surface area contributed by atoms with E-state index in [0.717, 1.165) is 0 Å². The first kappa shape index (κ1) is 21.2. The molecule has 0 aliphatic carbocycles. The van der Waals surface area contributed by atoms with Gasteiger partial charge < -0.3 is 19.0 Å². The molecule has 1 aromatic carbocycles. The summed E-state index contributed by atoms with van der Waals surface area (Å²) in [5, 5.41) is 0. The molecule has 2 aromatic rings. The third kappa shape index (κ3) is 4.68. The van der Waals surface area contributed by atoms with Gasteiger partial charge in [0.05, 0.1) is 6.04 Å². The number of hydrogen-bond acceptors (Lipinski definition) is 5. The van der Waals surface area contributed by atoms with Crippen LogP contribution < -0.4 is 9.64 Å². The molecule has 0 saturated carbocycles. The Bertz CT molecular complexity index is 967. The van der Waals surface area contributed by atoms with Gasteiger partial charge in [0.1, 0.15) is 11.5 Å². The lowest BCUT2D eigenvalue weighted by Gasteiger charge is -2.36. The molecular formula is C21H22F3N3O4. The van der Waals surface area contributed by atoms with Gasteiger partial charge in [0, 0.05) is 44.5 Å². The fourth-order valence-electron chi connectivity index (χ4n) is 4.05. The zero-order valence-corrected chi connectivity index (χ0v) is 16.9. The van der Waals surface area contributed by atoms with Gasteiger partial charge in [0.15, 0.2) is 5.76 Å². The van der Waals surface area contributed by atoms with Gasteiger partial charge in [0.2, 0.25) is 5.91 Å². The number of anilines is 1. The number of hydrogen-bond donors (Lipinski definition) is 0. The van der Waals surface area contributed by atoms with Crippen LogP contribution in [0.3, 0.4) is 0 Å². The van der Waals surface area contributed by atoms with E-state index in [2.05, 4.69) is 4.74 Å². The normalized spacial score (nSPS) is 20.4.